The Morgan fingerprint density at radius 1 is 1.25 bits per heavy atom. The second-order valence-corrected chi connectivity index (χ2v) is 6.52. The van der Waals surface area contributed by atoms with Crippen LogP contribution in [0.2, 0.25) is 0 Å². The highest BCUT2D eigenvalue weighted by Gasteiger charge is 2.18. The summed E-state index contributed by atoms with van der Waals surface area (Å²) in [7, 11) is -3.97. The van der Waals surface area contributed by atoms with Gasteiger partial charge in [0, 0.05) is 6.07 Å². The monoisotopic (exact) mass is 350 g/mol. The van der Waals surface area contributed by atoms with E-state index < -0.39 is 20.9 Å². The molecule has 0 saturated heterocycles. The average molecular weight is 350 g/mol. The highest BCUT2D eigenvalue weighted by Crippen LogP contribution is 2.20. The Balaban J connectivity index is 2.22. The molecule has 0 spiro atoms. The molecule has 24 heavy (non-hydrogen) atoms. The van der Waals surface area contributed by atoms with Gasteiger partial charge in [-0.15, -0.1) is 0 Å². The summed E-state index contributed by atoms with van der Waals surface area (Å²) in [6.45, 7) is 1.23. The number of aryl methyl sites for hydroxylation is 1. The van der Waals surface area contributed by atoms with E-state index in [2.05, 4.69) is 0 Å². The summed E-state index contributed by atoms with van der Waals surface area (Å²) in [5, 5.41) is 16.0. The lowest BCUT2D eigenvalue weighted by atomic mass is 10.1. The molecule has 2 rings (SSSR count). The van der Waals surface area contributed by atoms with Gasteiger partial charge in [0.2, 0.25) is 10.0 Å². The average Bonchev–Trinajstić information content (AvgIpc) is 2.52. The number of nitro groups is 1. The van der Waals surface area contributed by atoms with Gasteiger partial charge in [-0.25, -0.2) is 18.4 Å². The number of ether oxygens (including phenoxy) is 1. The number of nitrogens with zero attached hydrogens (tertiary/aromatic N) is 1. The van der Waals surface area contributed by atoms with Crippen LogP contribution in [0.1, 0.15) is 21.5 Å². The van der Waals surface area contributed by atoms with Gasteiger partial charge >= 0.3 is 5.97 Å². The van der Waals surface area contributed by atoms with Gasteiger partial charge in [0.25, 0.3) is 5.69 Å². The molecule has 2 N–H and O–H groups in total. The Hall–Kier alpha value is -2.78. The SMILES string of the molecule is Cc1ccc(C(=O)OCc2ccccc2[N+](=O)[O-])cc1S(N)(=O)=O. The molecule has 2 aromatic carbocycles. The first-order chi connectivity index (χ1) is 11.2. The van der Waals surface area contributed by atoms with Gasteiger partial charge in [-0.3, -0.25) is 10.1 Å². The highest BCUT2D eigenvalue weighted by atomic mass is 32.2. The normalized spacial score (nSPS) is 11.1. The molecule has 0 aliphatic rings. The van der Waals surface area contributed by atoms with Crippen molar-refractivity contribution >= 4 is 21.7 Å². The Labute approximate surface area is 138 Å². The second kappa shape index (κ2) is 6.77. The highest BCUT2D eigenvalue weighted by molar-refractivity contribution is 7.89. The molecule has 126 valence electrons. The number of nitro benzene ring substituents is 1. The number of carbonyl (C=O) groups excluding carboxylic acids is 1. The van der Waals surface area contributed by atoms with Gasteiger partial charge in [-0.2, -0.15) is 0 Å². The van der Waals surface area contributed by atoms with Crippen LogP contribution in [0.15, 0.2) is 47.4 Å². The minimum atomic E-state index is -3.97. The largest absolute Gasteiger partial charge is 0.457 e. The summed E-state index contributed by atoms with van der Waals surface area (Å²) in [6.07, 6.45) is 0. The van der Waals surface area contributed by atoms with E-state index in [-0.39, 0.29) is 28.3 Å². The van der Waals surface area contributed by atoms with Crippen LogP contribution in [-0.2, 0) is 21.4 Å². The first kappa shape index (κ1) is 17.6. The zero-order valence-corrected chi connectivity index (χ0v) is 13.4. The van der Waals surface area contributed by atoms with Crippen LogP contribution in [0.5, 0.6) is 0 Å². The third-order valence-corrected chi connectivity index (χ3v) is 4.33. The molecule has 0 atom stereocenters. The first-order valence-electron chi connectivity index (χ1n) is 6.73. The number of primary sulfonamides is 1. The van der Waals surface area contributed by atoms with Crippen molar-refractivity contribution < 1.29 is 22.9 Å². The molecule has 0 amide bonds. The number of hydrogen-bond acceptors (Lipinski definition) is 6. The van der Waals surface area contributed by atoms with Crippen molar-refractivity contribution in [2.75, 3.05) is 0 Å². The lowest BCUT2D eigenvalue weighted by molar-refractivity contribution is -0.385. The van der Waals surface area contributed by atoms with E-state index in [4.69, 9.17) is 9.88 Å². The number of rotatable bonds is 5. The van der Waals surface area contributed by atoms with E-state index in [1.54, 1.807) is 13.0 Å². The minimum absolute atomic E-state index is 0.0109. The molecule has 0 heterocycles. The zero-order valence-electron chi connectivity index (χ0n) is 12.6. The van der Waals surface area contributed by atoms with Gasteiger partial charge in [-0.05, 0) is 30.7 Å². The Morgan fingerprint density at radius 2 is 1.92 bits per heavy atom. The van der Waals surface area contributed by atoms with Crippen LogP contribution in [0.4, 0.5) is 5.69 Å². The molecule has 9 heteroatoms. The number of carbonyl (C=O) groups is 1. The lowest BCUT2D eigenvalue weighted by Crippen LogP contribution is -2.15. The van der Waals surface area contributed by atoms with Crippen molar-refractivity contribution in [3.63, 3.8) is 0 Å². The fourth-order valence-corrected chi connectivity index (χ4v) is 2.88. The van der Waals surface area contributed by atoms with Crippen LogP contribution in [0.3, 0.4) is 0 Å². The maximum Gasteiger partial charge on any atom is 0.338 e. The molecule has 2 aromatic rings. The number of benzene rings is 2. The molecular formula is C15H14N2O6S. The molecule has 0 radical (unpaired) electrons. The Bertz CT molecular complexity index is 908. The van der Waals surface area contributed by atoms with Gasteiger partial charge in [0.15, 0.2) is 0 Å². The number of sulfonamides is 1. The number of nitrogens with two attached hydrogens (primary N) is 1. The first-order valence-corrected chi connectivity index (χ1v) is 8.27. The fraction of sp³-hybridized carbons (Fsp3) is 0.133. The predicted octanol–water partition coefficient (Wildman–Crippen LogP) is 1.91. The van der Waals surface area contributed by atoms with Crippen LogP contribution < -0.4 is 5.14 Å². The standard InChI is InChI=1S/C15H14N2O6S/c1-10-6-7-11(8-14(10)24(16,21)22)15(18)23-9-12-4-2-3-5-13(12)17(19)20/h2-8H,9H2,1H3,(H2,16,21,22). The van der Waals surface area contributed by atoms with E-state index in [1.807, 2.05) is 0 Å². The van der Waals surface area contributed by atoms with Crippen molar-refractivity contribution in [1.82, 2.24) is 0 Å². The van der Waals surface area contributed by atoms with Crippen molar-refractivity contribution in [3.8, 4) is 0 Å². The van der Waals surface area contributed by atoms with E-state index in [9.17, 15) is 23.3 Å². The molecule has 0 aliphatic carbocycles. The van der Waals surface area contributed by atoms with Crippen LogP contribution in [0, 0.1) is 17.0 Å². The second-order valence-electron chi connectivity index (χ2n) is 4.99. The van der Waals surface area contributed by atoms with Gasteiger partial charge in [0.05, 0.1) is 20.9 Å². The van der Waals surface area contributed by atoms with Crippen molar-refractivity contribution in [1.29, 1.82) is 0 Å². The third-order valence-electron chi connectivity index (χ3n) is 3.28. The Morgan fingerprint density at radius 3 is 2.54 bits per heavy atom. The number of para-hydroxylation sites is 1. The summed E-state index contributed by atoms with van der Waals surface area (Å²) >= 11 is 0. The van der Waals surface area contributed by atoms with Gasteiger partial charge < -0.3 is 4.74 Å². The van der Waals surface area contributed by atoms with E-state index in [1.165, 1.54) is 30.3 Å². The minimum Gasteiger partial charge on any atom is -0.457 e. The molecule has 8 nitrogen and oxygen atoms in total. The summed E-state index contributed by atoms with van der Waals surface area (Å²) in [4.78, 5) is 22.2. The quantitative estimate of drug-likeness (QED) is 0.498. The zero-order chi connectivity index (χ0) is 17.9. The summed E-state index contributed by atoms with van der Waals surface area (Å²) in [5.74, 6) is -0.807. The van der Waals surface area contributed by atoms with E-state index in [0.29, 0.717) is 5.56 Å². The van der Waals surface area contributed by atoms with Crippen LogP contribution in [0.25, 0.3) is 0 Å². The molecule has 0 fully saturated rings. The molecule has 0 unspecified atom stereocenters. The Kier molecular flexibility index (Phi) is 4.96. The van der Waals surface area contributed by atoms with Crippen molar-refractivity contribution in [2.45, 2.75) is 18.4 Å². The summed E-state index contributed by atoms with van der Waals surface area (Å²) in [6, 6.07) is 9.80. The summed E-state index contributed by atoms with van der Waals surface area (Å²) in [5.41, 5.74) is 0.449. The molecule has 0 aliphatic heterocycles. The number of hydrogen-bond donors (Lipinski definition) is 1. The van der Waals surface area contributed by atoms with Gasteiger partial charge in [-0.1, -0.05) is 18.2 Å². The topological polar surface area (TPSA) is 130 Å². The fourth-order valence-electron chi connectivity index (χ4n) is 2.07. The summed E-state index contributed by atoms with van der Waals surface area (Å²) < 4.78 is 28.0. The number of esters is 1. The predicted molar refractivity (Wildman–Crippen MR) is 84.8 cm³/mol. The van der Waals surface area contributed by atoms with E-state index in [0.717, 1.165) is 6.07 Å². The smallest absolute Gasteiger partial charge is 0.338 e. The molecule has 0 bridgehead atoms. The molecular weight excluding hydrogens is 336 g/mol. The van der Waals surface area contributed by atoms with Crippen molar-refractivity contribution in [3.05, 3.63) is 69.3 Å². The molecule has 0 aromatic heterocycles. The van der Waals surface area contributed by atoms with Crippen LogP contribution >= 0.6 is 0 Å². The maximum atomic E-state index is 12.1. The third kappa shape index (κ3) is 3.94. The van der Waals surface area contributed by atoms with Crippen molar-refractivity contribution in [2.24, 2.45) is 5.14 Å². The molecule has 0 saturated carbocycles. The van der Waals surface area contributed by atoms with Gasteiger partial charge in [0.1, 0.15) is 6.61 Å². The van der Waals surface area contributed by atoms with Crippen LogP contribution in [-0.4, -0.2) is 19.3 Å². The lowest BCUT2D eigenvalue weighted by Gasteiger charge is -2.08. The maximum absolute atomic E-state index is 12.1. The van der Waals surface area contributed by atoms with E-state index >= 15 is 0 Å².